The van der Waals surface area contributed by atoms with Crippen LogP contribution in [0.1, 0.15) is 18.1 Å². The molecule has 1 aliphatic rings. The Kier molecular flexibility index (Phi) is 6.91. The van der Waals surface area contributed by atoms with Crippen LogP contribution >= 0.6 is 34.4 Å². The normalized spacial score (nSPS) is 14.7. The van der Waals surface area contributed by atoms with Crippen molar-refractivity contribution in [3.63, 3.8) is 0 Å². The minimum absolute atomic E-state index is 0.0573. The van der Waals surface area contributed by atoms with Crippen molar-refractivity contribution in [2.45, 2.75) is 13.5 Å². The molecule has 1 N–H and O–H groups in total. The SMILES string of the molecule is COc1cc(/C=C2\SC(NC(C)=O)=NC2=O)cc(I)c1OCc1ccccc1F. The summed E-state index contributed by atoms with van der Waals surface area (Å²) in [5.41, 5.74) is 1.15. The number of nitrogens with zero attached hydrogens (tertiary/aromatic N) is 1. The van der Waals surface area contributed by atoms with E-state index in [1.165, 1.54) is 20.1 Å². The van der Waals surface area contributed by atoms with Gasteiger partial charge in [-0.1, -0.05) is 18.2 Å². The fourth-order valence-electron chi connectivity index (χ4n) is 2.49. The smallest absolute Gasteiger partial charge is 0.286 e. The maximum absolute atomic E-state index is 13.8. The fourth-order valence-corrected chi connectivity index (χ4v) is 4.13. The standard InChI is InChI=1S/C20H16FIN2O4S/c1-11(25)23-20-24-19(26)17(29-20)9-12-7-15(22)18(16(8-12)27-2)28-10-13-5-3-4-6-14(13)21/h3-9H,10H2,1-2H3,(H,23,24,25,26)/b17-9-. The predicted octanol–water partition coefficient (Wildman–Crippen LogP) is 4.12. The third kappa shape index (κ3) is 5.36. The highest BCUT2D eigenvalue weighted by molar-refractivity contribution is 14.1. The molecule has 6 nitrogen and oxygen atoms in total. The molecule has 2 aromatic carbocycles. The number of carbonyl (C=O) groups excluding carboxylic acids is 2. The lowest BCUT2D eigenvalue weighted by Gasteiger charge is -2.14. The zero-order valence-corrected chi connectivity index (χ0v) is 18.5. The molecule has 1 aliphatic heterocycles. The van der Waals surface area contributed by atoms with E-state index in [9.17, 15) is 14.0 Å². The molecule has 0 saturated carbocycles. The number of ether oxygens (including phenoxy) is 2. The highest BCUT2D eigenvalue weighted by atomic mass is 127. The topological polar surface area (TPSA) is 77.0 Å². The van der Waals surface area contributed by atoms with Crippen molar-refractivity contribution in [2.75, 3.05) is 7.11 Å². The van der Waals surface area contributed by atoms with E-state index in [-0.39, 0.29) is 23.5 Å². The van der Waals surface area contributed by atoms with Gasteiger partial charge in [-0.15, -0.1) is 0 Å². The van der Waals surface area contributed by atoms with Gasteiger partial charge in [-0.05, 0) is 64.2 Å². The highest BCUT2D eigenvalue weighted by Crippen LogP contribution is 2.36. The predicted molar refractivity (Wildman–Crippen MR) is 118 cm³/mol. The molecule has 0 spiro atoms. The van der Waals surface area contributed by atoms with Crippen LogP contribution in [-0.2, 0) is 16.2 Å². The van der Waals surface area contributed by atoms with Crippen LogP contribution in [0.5, 0.6) is 11.5 Å². The van der Waals surface area contributed by atoms with Gasteiger partial charge >= 0.3 is 0 Å². The van der Waals surface area contributed by atoms with Gasteiger partial charge in [-0.2, -0.15) is 4.99 Å². The van der Waals surface area contributed by atoms with Gasteiger partial charge in [0.1, 0.15) is 12.4 Å². The maximum atomic E-state index is 13.8. The van der Waals surface area contributed by atoms with Crippen LogP contribution in [0.4, 0.5) is 4.39 Å². The number of nitrogens with one attached hydrogen (secondary N) is 1. The van der Waals surface area contributed by atoms with Crippen LogP contribution < -0.4 is 14.8 Å². The Labute approximate surface area is 184 Å². The quantitative estimate of drug-likeness (QED) is 0.469. The molecule has 0 radical (unpaired) electrons. The summed E-state index contributed by atoms with van der Waals surface area (Å²) in [6.07, 6.45) is 1.66. The Balaban J connectivity index is 1.81. The van der Waals surface area contributed by atoms with Crippen molar-refractivity contribution >= 4 is 57.4 Å². The van der Waals surface area contributed by atoms with E-state index in [4.69, 9.17) is 9.47 Å². The van der Waals surface area contributed by atoms with Crippen LogP contribution in [0.15, 0.2) is 46.3 Å². The molecule has 0 unspecified atom stereocenters. The summed E-state index contributed by atoms with van der Waals surface area (Å²) in [6, 6.07) is 9.93. The second kappa shape index (κ2) is 9.40. The Morgan fingerprint density at radius 1 is 1.34 bits per heavy atom. The first-order valence-electron chi connectivity index (χ1n) is 8.41. The van der Waals surface area contributed by atoms with E-state index in [1.807, 2.05) is 6.07 Å². The number of aliphatic imine (C=N–C) groups is 1. The molecule has 1 heterocycles. The minimum Gasteiger partial charge on any atom is -0.493 e. The number of thioether (sulfide) groups is 1. The molecule has 2 amide bonds. The van der Waals surface area contributed by atoms with Crippen LogP contribution in [0.25, 0.3) is 6.08 Å². The lowest BCUT2D eigenvalue weighted by Crippen LogP contribution is -2.23. The van der Waals surface area contributed by atoms with Crippen LogP contribution in [-0.4, -0.2) is 24.1 Å². The van der Waals surface area contributed by atoms with E-state index in [1.54, 1.807) is 30.3 Å². The van der Waals surface area contributed by atoms with E-state index >= 15 is 0 Å². The first-order valence-corrected chi connectivity index (χ1v) is 10.3. The Morgan fingerprint density at radius 2 is 2.10 bits per heavy atom. The summed E-state index contributed by atoms with van der Waals surface area (Å²) in [7, 11) is 1.51. The third-order valence-corrected chi connectivity index (χ3v) is 5.48. The van der Waals surface area contributed by atoms with Crippen LogP contribution in [0.3, 0.4) is 0 Å². The highest BCUT2D eigenvalue weighted by Gasteiger charge is 2.23. The van der Waals surface area contributed by atoms with Crippen molar-refractivity contribution in [3.05, 3.63) is 61.8 Å². The Morgan fingerprint density at radius 3 is 2.79 bits per heavy atom. The van der Waals surface area contributed by atoms with Crippen molar-refractivity contribution < 1.29 is 23.5 Å². The molecule has 9 heteroatoms. The molecule has 0 aromatic heterocycles. The number of halogens is 2. The molecule has 0 bridgehead atoms. The van der Waals surface area contributed by atoms with E-state index < -0.39 is 5.91 Å². The molecule has 0 atom stereocenters. The molecule has 3 rings (SSSR count). The van der Waals surface area contributed by atoms with Crippen LogP contribution in [0.2, 0.25) is 0 Å². The molecule has 0 aliphatic carbocycles. The monoisotopic (exact) mass is 526 g/mol. The van der Waals surface area contributed by atoms with E-state index in [0.717, 1.165) is 15.3 Å². The lowest BCUT2D eigenvalue weighted by molar-refractivity contribution is -0.117. The minimum atomic E-state index is -0.424. The van der Waals surface area contributed by atoms with Gasteiger partial charge in [-0.3, -0.25) is 9.59 Å². The second-order valence-corrected chi connectivity index (χ2v) is 8.12. The summed E-state index contributed by atoms with van der Waals surface area (Å²) in [5.74, 6) is -0.113. The summed E-state index contributed by atoms with van der Waals surface area (Å²) < 4.78 is 25.8. The summed E-state index contributed by atoms with van der Waals surface area (Å²) in [4.78, 5) is 27.4. The first kappa shape index (κ1) is 21.3. The summed E-state index contributed by atoms with van der Waals surface area (Å²) in [5, 5.41) is 2.75. The number of amides is 2. The van der Waals surface area contributed by atoms with Gasteiger partial charge in [0.25, 0.3) is 5.91 Å². The van der Waals surface area contributed by atoms with Crippen molar-refractivity contribution in [2.24, 2.45) is 4.99 Å². The first-order chi connectivity index (χ1) is 13.9. The second-order valence-electron chi connectivity index (χ2n) is 5.93. The Bertz CT molecular complexity index is 1040. The van der Waals surface area contributed by atoms with Gasteiger partial charge in [0, 0.05) is 12.5 Å². The molecule has 29 heavy (non-hydrogen) atoms. The molecular formula is C20H16FIN2O4S. The third-order valence-electron chi connectivity index (χ3n) is 3.78. The van der Waals surface area contributed by atoms with Crippen molar-refractivity contribution in [3.8, 4) is 11.5 Å². The molecule has 0 fully saturated rings. The summed E-state index contributed by atoms with van der Waals surface area (Å²) >= 11 is 3.18. The number of hydrogen-bond donors (Lipinski definition) is 1. The molecule has 2 aromatic rings. The zero-order valence-electron chi connectivity index (χ0n) is 15.5. The van der Waals surface area contributed by atoms with Gasteiger partial charge in [0.05, 0.1) is 15.6 Å². The fraction of sp³-hybridized carbons (Fsp3) is 0.150. The molecular weight excluding hydrogens is 510 g/mol. The number of methoxy groups -OCH3 is 1. The van der Waals surface area contributed by atoms with E-state index in [2.05, 4.69) is 32.9 Å². The number of rotatable bonds is 5. The number of hydrogen-bond acceptors (Lipinski definition) is 5. The van der Waals surface area contributed by atoms with Gasteiger partial charge in [-0.25, -0.2) is 4.39 Å². The maximum Gasteiger partial charge on any atom is 0.286 e. The van der Waals surface area contributed by atoms with Gasteiger partial charge in [0.2, 0.25) is 5.91 Å². The zero-order chi connectivity index (χ0) is 21.0. The number of benzene rings is 2. The summed E-state index contributed by atoms with van der Waals surface area (Å²) in [6.45, 7) is 1.41. The average Bonchev–Trinajstić information content (AvgIpc) is 2.99. The average molecular weight is 526 g/mol. The van der Waals surface area contributed by atoms with E-state index in [0.29, 0.717) is 27.5 Å². The Hall–Kier alpha value is -2.40. The van der Waals surface area contributed by atoms with Crippen LogP contribution in [0, 0.1) is 9.39 Å². The molecule has 0 saturated heterocycles. The van der Waals surface area contributed by atoms with Gasteiger partial charge in [0.15, 0.2) is 16.7 Å². The van der Waals surface area contributed by atoms with Gasteiger partial charge < -0.3 is 14.8 Å². The van der Waals surface area contributed by atoms with Crippen molar-refractivity contribution in [1.82, 2.24) is 5.32 Å². The van der Waals surface area contributed by atoms with Crippen molar-refractivity contribution in [1.29, 1.82) is 0 Å². The molecule has 150 valence electrons. The number of carbonyl (C=O) groups is 2. The number of amidine groups is 1. The lowest BCUT2D eigenvalue weighted by atomic mass is 10.2. The largest absolute Gasteiger partial charge is 0.493 e.